The average Bonchev–Trinajstić information content (AvgIpc) is 3.13. The fraction of sp³-hybridized carbons (Fsp3) is 0.270. The second-order valence-corrected chi connectivity index (χ2v) is 17.6. The zero-order valence-electron chi connectivity index (χ0n) is 30.1. The summed E-state index contributed by atoms with van der Waals surface area (Å²) < 4.78 is 68.9. The van der Waals surface area contributed by atoms with Gasteiger partial charge in [-0.05, 0) is 97.5 Å². The van der Waals surface area contributed by atoms with Gasteiger partial charge in [0.1, 0.15) is 0 Å². The number of rotatable bonds is 19. The molecule has 0 aromatic heterocycles. The summed E-state index contributed by atoms with van der Waals surface area (Å²) in [6.45, 7) is 4.08. The third-order valence-electron chi connectivity index (χ3n) is 8.30. The molecule has 4 aromatic rings. The molecule has 15 nitrogen and oxygen atoms in total. The molecule has 0 unspecified atom stereocenters. The molecule has 0 aliphatic rings. The van der Waals surface area contributed by atoms with Crippen LogP contribution in [0.3, 0.4) is 0 Å². The first-order chi connectivity index (χ1) is 25.9. The molecule has 0 aliphatic heterocycles. The van der Waals surface area contributed by atoms with Gasteiger partial charge in [0, 0.05) is 24.2 Å². The van der Waals surface area contributed by atoms with Crippen LogP contribution in [0.1, 0.15) is 73.9 Å². The van der Waals surface area contributed by atoms with Gasteiger partial charge in [0.15, 0.2) is 0 Å². The standard InChI is InChI=1S/C37H43N4O11PS2/c1-3-5-7-25-9-15-29(16-10-25)54(49,50)40-32-19-13-27(23-31(32)37(44)45)38-35(42)21-22-36(43)39-28-14-20-33(34(24-28)53(46,47)48)41-55(51,52)30-17-11-26(12-18-30)8-6-4-2/h9-20,23-24,40-41H,3-8,21-22H2,1-2H3,(H,38,42)(H,39,43)(H,44,45)(H2,46,47,48). The molecule has 294 valence electrons. The van der Waals surface area contributed by atoms with Gasteiger partial charge in [0.25, 0.3) is 20.0 Å². The number of carbonyl (C=O) groups excluding carboxylic acids is 2. The molecule has 0 heterocycles. The van der Waals surface area contributed by atoms with Crippen LogP contribution in [0.5, 0.6) is 0 Å². The Labute approximate surface area is 319 Å². The Morgan fingerprint density at radius 2 is 1.04 bits per heavy atom. The summed E-state index contributed by atoms with van der Waals surface area (Å²) in [5, 5.41) is 14.0. The molecule has 7 N–H and O–H groups in total. The lowest BCUT2D eigenvalue weighted by Gasteiger charge is -2.16. The third-order valence-corrected chi connectivity index (χ3v) is 12.1. The molecule has 55 heavy (non-hydrogen) atoms. The first kappa shape index (κ1) is 42.7. The van der Waals surface area contributed by atoms with Crippen LogP contribution in [-0.2, 0) is 47.0 Å². The number of carboxylic acids is 1. The molecule has 0 bridgehead atoms. The van der Waals surface area contributed by atoms with Crippen molar-refractivity contribution in [1.82, 2.24) is 0 Å². The smallest absolute Gasteiger partial charge is 0.358 e. The number of aromatic carboxylic acids is 1. The molecule has 0 saturated heterocycles. The molecule has 4 aromatic carbocycles. The molecular weight excluding hydrogens is 772 g/mol. The topological polar surface area (TPSA) is 245 Å². The molecule has 0 spiro atoms. The third kappa shape index (κ3) is 12.2. The average molecular weight is 815 g/mol. The second kappa shape index (κ2) is 18.5. The minimum absolute atomic E-state index is 0.0165. The number of benzene rings is 4. The number of nitrogens with one attached hydrogen (secondary N) is 4. The van der Waals surface area contributed by atoms with E-state index in [9.17, 15) is 50.7 Å². The number of sulfonamides is 2. The van der Waals surface area contributed by atoms with E-state index in [2.05, 4.69) is 20.1 Å². The van der Waals surface area contributed by atoms with Crippen molar-refractivity contribution in [3.63, 3.8) is 0 Å². The highest BCUT2D eigenvalue weighted by molar-refractivity contribution is 7.93. The number of carboxylic acid groups (broad SMARTS) is 1. The van der Waals surface area contributed by atoms with E-state index in [-0.39, 0.29) is 26.9 Å². The predicted octanol–water partition coefficient (Wildman–Crippen LogP) is 5.83. The number of unbranched alkanes of at least 4 members (excludes halogenated alkanes) is 2. The zero-order valence-corrected chi connectivity index (χ0v) is 32.6. The van der Waals surface area contributed by atoms with E-state index in [1.165, 1.54) is 42.5 Å². The predicted molar refractivity (Wildman–Crippen MR) is 210 cm³/mol. The van der Waals surface area contributed by atoms with Gasteiger partial charge in [-0.3, -0.25) is 23.6 Å². The van der Waals surface area contributed by atoms with Crippen LogP contribution < -0.4 is 25.4 Å². The molecule has 2 amide bonds. The van der Waals surface area contributed by atoms with E-state index < -0.39 is 74.8 Å². The van der Waals surface area contributed by atoms with Gasteiger partial charge in [0.05, 0.1) is 32.0 Å². The maximum Gasteiger partial charge on any atom is 0.358 e. The van der Waals surface area contributed by atoms with Crippen LogP contribution in [0.15, 0.2) is 94.7 Å². The number of aryl methyl sites for hydroxylation is 2. The maximum absolute atomic E-state index is 13.0. The van der Waals surface area contributed by atoms with Gasteiger partial charge >= 0.3 is 13.6 Å². The van der Waals surface area contributed by atoms with Gasteiger partial charge in [-0.1, -0.05) is 51.0 Å². The Balaban J connectivity index is 1.38. The fourth-order valence-corrected chi connectivity index (χ4v) is 8.33. The Morgan fingerprint density at radius 3 is 1.45 bits per heavy atom. The lowest BCUT2D eigenvalue weighted by atomic mass is 10.1. The van der Waals surface area contributed by atoms with Crippen molar-refractivity contribution in [2.45, 2.75) is 75.0 Å². The van der Waals surface area contributed by atoms with Crippen molar-refractivity contribution in [2.75, 3.05) is 20.1 Å². The molecule has 0 fully saturated rings. The monoisotopic (exact) mass is 814 g/mol. The highest BCUT2D eigenvalue weighted by atomic mass is 32.2. The normalized spacial score (nSPS) is 11.8. The Morgan fingerprint density at radius 1 is 0.618 bits per heavy atom. The summed E-state index contributed by atoms with van der Waals surface area (Å²) in [6.07, 6.45) is 4.61. The Bertz CT molecular complexity index is 2290. The van der Waals surface area contributed by atoms with Gasteiger partial charge in [-0.15, -0.1) is 0 Å². The minimum Gasteiger partial charge on any atom is -0.478 e. The van der Waals surface area contributed by atoms with Gasteiger partial charge < -0.3 is 25.5 Å². The van der Waals surface area contributed by atoms with Crippen molar-refractivity contribution in [3.8, 4) is 0 Å². The van der Waals surface area contributed by atoms with Crippen molar-refractivity contribution >= 4 is 73.5 Å². The minimum atomic E-state index is -5.06. The van der Waals surface area contributed by atoms with Crippen molar-refractivity contribution in [2.24, 2.45) is 0 Å². The number of amides is 2. The summed E-state index contributed by atoms with van der Waals surface area (Å²) in [6, 6.07) is 19.2. The lowest BCUT2D eigenvalue weighted by molar-refractivity contribution is -0.121. The molecule has 4 rings (SSSR count). The van der Waals surface area contributed by atoms with E-state index >= 15 is 0 Å². The van der Waals surface area contributed by atoms with E-state index in [0.717, 1.165) is 67.9 Å². The molecule has 0 atom stereocenters. The molecule has 18 heteroatoms. The van der Waals surface area contributed by atoms with E-state index in [0.29, 0.717) is 0 Å². The summed E-state index contributed by atoms with van der Waals surface area (Å²) in [5.41, 5.74) is 0.785. The van der Waals surface area contributed by atoms with Crippen molar-refractivity contribution in [3.05, 3.63) is 102 Å². The number of hydrogen-bond donors (Lipinski definition) is 7. The van der Waals surface area contributed by atoms with E-state index in [4.69, 9.17) is 0 Å². The van der Waals surface area contributed by atoms with Crippen LogP contribution in [0, 0.1) is 0 Å². The maximum atomic E-state index is 13.0. The second-order valence-electron chi connectivity index (χ2n) is 12.6. The largest absolute Gasteiger partial charge is 0.478 e. The van der Waals surface area contributed by atoms with E-state index in [1.54, 1.807) is 24.3 Å². The van der Waals surface area contributed by atoms with Crippen molar-refractivity contribution < 1.29 is 50.7 Å². The fourth-order valence-electron chi connectivity index (χ4n) is 5.34. The number of carbonyl (C=O) groups is 3. The number of hydrogen-bond acceptors (Lipinski definition) is 8. The highest BCUT2D eigenvalue weighted by Gasteiger charge is 2.26. The van der Waals surface area contributed by atoms with Crippen LogP contribution >= 0.6 is 7.60 Å². The highest BCUT2D eigenvalue weighted by Crippen LogP contribution is 2.38. The Hall–Kier alpha value is -5.06. The van der Waals surface area contributed by atoms with Crippen LogP contribution in [0.25, 0.3) is 0 Å². The SMILES string of the molecule is CCCCc1ccc(S(=O)(=O)Nc2ccc(NC(=O)CCC(=O)Nc3ccc(NS(=O)(=O)c4ccc(CCCC)cc4)c(P(=O)(O)O)c3)cc2C(=O)O)cc1. The van der Waals surface area contributed by atoms with Gasteiger partial charge in [0.2, 0.25) is 11.8 Å². The van der Waals surface area contributed by atoms with Crippen LogP contribution in [-0.4, -0.2) is 49.5 Å². The zero-order chi connectivity index (χ0) is 40.4. The van der Waals surface area contributed by atoms with Gasteiger partial charge in [-0.25, -0.2) is 21.6 Å². The van der Waals surface area contributed by atoms with Crippen LogP contribution in [0.4, 0.5) is 22.7 Å². The van der Waals surface area contributed by atoms with Gasteiger partial charge in [-0.2, -0.15) is 0 Å². The summed E-state index contributed by atoms with van der Waals surface area (Å²) in [4.78, 5) is 57.2. The summed E-state index contributed by atoms with van der Waals surface area (Å²) >= 11 is 0. The summed E-state index contributed by atoms with van der Waals surface area (Å²) in [7, 11) is -13.4. The quantitative estimate of drug-likeness (QED) is 0.0555. The molecule has 0 aliphatic carbocycles. The number of anilines is 4. The van der Waals surface area contributed by atoms with Crippen molar-refractivity contribution in [1.29, 1.82) is 0 Å². The molecule has 0 saturated carbocycles. The first-order valence-corrected chi connectivity index (χ1v) is 21.9. The Kier molecular flexibility index (Phi) is 14.4. The first-order valence-electron chi connectivity index (χ1n) is 17.3. The molecule has 0 radical (unpaired) electrons. The lowest BCUT2D eigenvalue weighted by Crippen LogP contribution is -2.21. The van der Waals surface area contributed by atoms with E-state index in [1.807, 2.05) is 13.8 Å². The summed E-state index contributed by atoms with van der Waals surface area (Å²) in [5.74, 6) is -2.88. The van der Waals surface area contributed by atoms with Crippen LogP contribution in [0.2, 0.25) is 0 Å². The molecular formula is C37H43N4O11PS2.